The first-order valence-electron chi connectivity index (χ1n) is 19.0. The fourth-order valence-electron chi connectivity index (χ4n) is 6.20. The van der Waals surface area contributed by atoms with E-state index in [0.29, 0.717) is 16.8 Å². The number of nitrogens with zero attached hydrogens (tertiary/aromatic N) is 1. The summed E-state index contributed by atoms with van der Waals surface area (Å²) in [6.07, 6.45) is 1.20. The summed E-state index contributed by atoms with van der Waals surface area (Å²) in [7, 11) is 2.34. The number of hydrogen-bond donors (Lipinski definition) is 8. The molecule has 330 valence electrons. The van der Waals surface area contributed by atoms with Crippen molar-refractivity contribution in [2.24, 2.45) is 0 Å². The third-order valence-electron chi connectivity index (χ3n) is 9.48. The minimum absolute atomic E-state index is 0.0262. The van der Waals surface area contributed by atoms with Gasteiger partial charge in [-0.3, -0.25) is 24.0 Å². The lowest BCUT2D eigenvalue weighted by atomic mass is 10.1. The number of amides is 5. The van der Waals surface area contributed by atoms with Crippen molar-refractivity contribution in [2.75, 3.05) is 35.5 Å². The van der Waals surface area contributed by atoms with Crippen LogP contribution in [0, 0.1) is 11.3 Å². The summed E-state index contributed by atoms with van der Waals surface area (Å²) in [6.45, 7) is 1.58. The van der Waals surface area contributed by atoms with E-state index in [4.69, 9.17) is 18.3 Å². The van der Waals surface area contributed by atoms with Gasteiger partial charge in [-0.1, -0.05) is 6.07 Å². The van der Waals surface area contributed by atoms with Crippen LogP contribution in [0.5, 0.6) is 23.0 Å². The van der Waals surface area contributed by atoms with Crippen molar-refractivity contribution in [3.63, 3.8) is 0 Å². The summed E-state index contributed by atoms with van der Waals surface area (Å²) in [6, 6.07) is 21.4. The van der Waals surface area contributed by atoms with Crippen molar-refractivity contribution < 1.29 is 62.4 Å². The van der Waals surface area contributed by atoms with Gasteiger partial charge in [0.2, 0.25) is 5.91 Å². The molecule has 0 aliphatic heterocycles. The van der Waals surface area contributed by atoms with Crippen LogP contribution in [-0.2, 0) is 9.59 Å². The smallest absolute Gasteiger partial charge is 0.504 e. The minimum Gasteiger partial charge on any atom is -0.504 e. The van der Waals surface area contributed by atoms with Crippen molar-refractivity contribution in [3.05, 3.63) is 135 Å². The number of phenols is 2. The second-order valence-electron chi connectivity index (χ2n) is 13.8. The van der Waals surface area contributed by atoms with Crippen LogP contribution in [-0.4, -0.2) is 71.1 Å². The van der Waals surface area contributed by atoms with E-state index in [9.17, 15) is 54.1 Å². The Kier molecular flexibility index (Phi) is 13.6. The maximum absolute atomic E-state index is 13.2. The molecule has 0 spiro atoms. The Morgan fingerprint density at radius 2 is 1.23 bits per heavy atom. The summed E-state index contributed by atoms with van der Waals surface area (Å²) >= 11 is 0. The number of anilines is 4. The molecular formula is C45H36N6O14. The van der Waals surface area contributed by atoms with E-state index in [2.05, 4.69) is 26.6 Å². The number of nitrogens with one attached hydrogen (secondary N) is 5. The van der Waals surface area contributed by atoms with E-state index >= 15 is 0 Å². The molecule has 0 fully saturated rings. The van der Waals surface area contributed by atoms with Crippen LogP contribution in [0.3, 0.4) is 0 Å². The first kappa shape index (κ1) is 45.2. The van der Waals surface area contributed by atoms with Gasteiger partial charge in [0, 0.05) is 28.1 Å². The number of fused-ring (bicyclic) bond motifs is 1. The lowest BCUT2D eigenvalue weighted by Gasteiger charge is -2.17. The SMILES string of the molecule is COc1c(NC(=O)c2ccc(NC(=O)c3ccc(NC(=O)C(CC#N)NC(=O)c4ccc(NC(=O)C(C)=Cc5ccc6oc(=O)oc6c5)cc4)cc3)c(OC)c2O)ccc(C(=O)O)c1O. The molecule has 65 heavy (non-hydrogen) atoms. The Hall–Kier alpha value is -9.38. The molecule has 8 N–H and O–H groups in total. The molecule has 0 bridgehead atoms. The molecule has 0 aliphatic carbocycles. The van der Waals surface area contributed by atoms with Crippen molar-refractivity contribution in [3.8, 4) is 29.1 Å². The van der Waals surface area contributed by atoms with E-state index in [-0.39, 0.29) is 62.8 Å². The number of nitriles is 1. The maximum atomic E-state index is 13.2. The Morgan fingerprint density at radius 1 is 0.692 bits per heavy atom. The Bertz CT molecular complexity index is 3000. The van der Waals surface area contributed by atoms with Gasteiger partial charge < -0.3 is 60.2 Å². The number of aromatic hydroxyl groups is 2. The van der Waals surface area contributed by atoms with Crippen molar-refractivity contribution in [1.29, 1.82) is 5.26 Å². The highest BCUT2D eigenvalue weighted by molar-refractivity contribution is 6.11. The molecule has 0 radical (unpaired) electrons. The number of carboxylic acids is 1. The molecule has 1 heterocycles. The number of phenolic OH excluding ortho intramolecular Hbond substituents is 1. The van der Waals surface area contributed by atoms with Gasteiger partial charge >= 0.3 is 11.8 Å². The van der Waals surface area contributed by atoms with E-state index < -0.39 is 64.4 Å². The first-order chi connectivity index (χ1) is 31.1. The molecule has 6 aromatic rings. The molecule has 1 aromatic heterocycles. The molecule has 1 unspecified atom stereocenters. The van der Waals surface area contributed by atoms with Crippen molar-refractivity contribution in [2.45, 2.75) is 19.4 Å². The first-order valence-corrected chi connectivity index (χ1v) is 19.0. The van der Waals surface area contributed by atoms with Gasteiger partial charge in [-0.2, -0.15) is 5.26 Å². The quantitative estimate of drug-likeness (QED) is 0.0573. The summed E-state index contributed by atoms with van der Waals surface area (Å²) in [5.74, 6) is -7.69. The molecule has 20 heteroatoms. The fourth-order valence-corrected chi connectivity index (χ4v) is 6.20. The lowest BCUT2D eigenvalue weighted by Crippen LogP contribution is -2.43. The number of benzene rings is 5. The molecule has 1 atom stereocenters. The predicted octanol–water partition coefficient (Wildman–Crippen LogP) is 5.71. The summed E-state index contributed by atoms with van der Waals surface area (Å²) in [5.41, 5.74) is 1.32. The number of aromatic carboxylic acids is 1. The third-order valence-corrected chi connectivity index (χ3v) is 9.48. The molecule has 0 saturated heterocycles. The Balaban J connectivity index is 1.04. The van der Waals surface area contributed by atoms with Gasteiger partial charge in [-0.05, 0) is 103 Å². The van der Waals surface area contributed by atoms with Gasteiger partial charge in [-0.25, -0.2) is 9.59 Å². The van der Waals surface area contributed by atoms with Crippen LogP contribution in [0.4, 0.5) is 22.7 Å². The van der Waals surface area contributed by atoms with E-state index in [1.807, 2.05) is 6.07 Å². The van der Waals surface area contributed by atoms with Gasteiger partial charge in [-0.15, -0.1) is 0 Å². The lowest BCUT2D eigenvalue weighted by molar-refractivity contribution is -0.118. The maximum Gasteiger partial charge on any atom is 0.519 e. The normalized spacial score (nSPS) is 11.4. The number of carbonyl (C=O) groups excluding carboxylic acids is 5. The van der Waals surface area contributed by atoms with Gasteiger partial charge in [0.15, 0.2) is 34.2 Å². The van der Waals surface area contributed by atoms with Crippen LogP contribution >= 0.6 is 0 Å². The molecule has 0 saturated carbocycles. The van der Waals surface area contributed by atoms with Crippen LogP contribution in [0.25, 0.3) is 17.2 Å². The van der Waals surface area contributed by atoms with Crippen molar-refractivity contribution >= 4 is 75.5 Å². The number of carboxylic acid groups (broad SMARTS) is 1. The van der Waals surface area contributed by atoms with Crippen LogP contribution in [0.15, 0.2) is 110 Å². The zero-order valence-corrected chi connectivity index (χ0v) is 34.3. The molecule has 6 rings (SSSR count). The van der Waals surface area contributed by atoms with E-state index in [1.165, 1.54) is 73.8 Å². The second kappa shape index (κ2) is 19.6. The van der Waals surface area contributed by atoms with Gasteiger partial charge in [0.1, 0.15) is 11.6 Å². The molecule has 5 amide bonds. The average Bonchev–Trinajstić information content (AvgIpc) is 3.65. The Morgan fingerprint density at radius 3 is 1.82 bits per heavy atom. The zero-order valence-electron chi connectivity index (χ0n) is 34.3. The zero-order chi connectivity index (χ0) is 46.9. The Labute approximate surface area is 366 Å². The number of rotatable bonds is 15. The van der Waals surface area contributed by atoms with Crippen LogP contribution in [0.1, 0.15) is 60.3 Å². The molecular weight excluding hydrogens is 849 g/mol. The predicted molar refractivity (Wildman–Crippen MR) is 232 cm³/mol. The van der Waals surface area contributed by atoms with Crippen LogP contribution in [0.2, 0.25) is 0 Å². The number of hydrogen-bond acceptors (Lipinski definition) is 14. The number of ether oxygens (including phenoxy) is 2. The van der Waals surface area contributed by atoms with Gasteiger partial charge in [0.25, 0.3) is 23.6 Å². The van der Waals surface area contributed by atoms with E-state index in [0.717, 1.165) is 13.2 Å². The van der Waals surface area contributed by atoms with Gasteiger partial charge in [0.05, 0.1) is 43.6 Å². The molecule has 20 nitrogen and oxygen atoms in total. The highest BCUT2D eigenvalue weighted by Gasteiger charge is 2.25. The van der Waals surface area contributed by atoms with Crippen LogP contribution < -0.4 is 41.9 Å². The standard InChI is InChI=1S/C45H36N6O14/c1-22(20-23-4-17-33-34(21-23)65-45(61)64-33)39(54)47-26-9-5-25(6-10-26)41(56)51-32(18-19-46)43(58)48-27-11-7-24(8-12-27)40(55)49-30-15-13-28(35(52)37(30)62-2)42(57)50-31-16-14-29(44(59)60)36(53)38(31)63-3/h4-17,20-21,32,52-53H,18H2,1-3H3,(H,47,54)(H,48,58)(H,49,55)(H,50,57)(H,51,56)(H,59,60). The molecule has 5 aromatic carbocycles. The summed E-state index contributed by atoms with van der Waals surface area (Å²) in [5, 5.41) is 52.7. The fraction of sp³-hybridized carbons (Fsp3) is 0.111. The van der Waals surface area contributed by atoms with Crippen molar-refractivity contribution in [1.82, 2.24) is 5.32 Å². The number of carbonyl (C=O) groups is 6. The highest BCUT2D eigenvalue weighted by atomic mass is 16.6. The monoisotopic (exact) mass is 884 g/mol. The summed E-state index contributed by atoms with van der Waals surface area (Å²) in [4.78, 5) is 88.2. The largest absolute Gasteiger partial charge is 0.519 e. The molecule has 0 aliphatic rings. The van der Waals surface area contributed by atoms with E-state index in [1.54, 1.807) is 31.2 Å². The topological polar surface area (TPSA) is 309 Å². The summed E-state index contributed by atoms with van der Waals surface area (Å²) < 4.78 is 20.2. The highest BCUT2D eigenvalue weighted by Crippen LogP contribution is 2.40. The number of methoxy groups -OCH3 is 2. The second-order valence-corrected chi connectivity index (χ2v) is 13.8. The minimum atomic E-state index is -1.43. The third kappa shape index (κ3) is 10.4. The average molecular weight is 885 g/mol.